The molecule has 3 amide bonds. The lowest BCUT2D eigenvalue weighted by Gasteiger charge is -2.49. The number of methoxy groups -OCH3 is 2. The van der Waals surface area contributed by atoms with Gasteiger partial charge >= 0.3 is 5.97 Å². The molecule has 3 aromatic carbocycles. The number of benzene rings is 3. The molecule has 0 spiro atoms. The molecule has 1 saturated carbocycles. The molecular weight excluding hydrogens is 779 g/mol. The van der Waals surface area contributed by atoms with Crippen LogP contribution in [0.25, 0.3) is 0 Å². The molecule has 0 aliphatic heterocycles. The molecule has 3 aliphatic rings. The molecule has 13 heteroatoms. The number of hydroxylamine groups is 2. The fraction of sp³-hybridized carbons (Fsp3) is 0.479. The third kappa shape index (κ3) is 11.2. The molecule has 0 N–H and O–H groups in total. The topological polar surface area (TPSA) is 141 Å². The highest BCUT2D eigenvalue weighted by Crippen LogP contribution is 2.55. The lowest BCUT2D eigenvalue weighted by atomic mass is 9.55. The molecule has 13 nitrogen and oxygen atoms in total. The molecule has 328 valence electrons. The number of ether oxygens (including phenoxy) is 4. The van der Waals surface area contributed by atoms with Crippen LogP contribution in [0.15, 0.2) is 73.3 Å². The van der Waals surface area contributed by atoms with Crippen LogP contribution in [0.1, 0.15) is 103 Å². The van der Waals surface area contributed by atoms with Gasteiger partial charge in [-0.3, -0.25) is 24.0 Å². The van der Waals surface area contributed by atoms with Crippen molar-refractivity contribution in [2.24, 2.45) is 11.8 Å². The van der Waals surface area contributed by atoms with Crippen LogP contribution in [0.5, 0.6) is 17.2 Å². The summed E-state index contributed by atoms with van der Waals surface area (Å²) >= 11 is 0. The van der Waals surface area contributed by atoms with Gasteiger partial charge in [0.1, 0.15) is 42.8 Å². The Balaban J connectivity index is 1.43. The van der Waals surface area contributed by atoms with Gasteiger partial charge in [0.15, 0.2) is 0 Å². The number of ketones is 1. The van der Waals surface area contributed by atoms with Crippen molar-refractivity contribution in [3.63, 3.8) is 0 Å². The van der Waals surface area contributed by atoms with Crippen LogP contribution in [0.3, 0.4) is 0 Å². The molecule has 61 heavy (non-hydrogen) atoms. The highest BCUT2D eigenvalue weighted by molar-refractivity contribution is 6.01. The summed E-state index contributed by atoms with van der Waals surface area (Å²) in [4.78, 5) is 78.7. The Hall–Kier alpha value is -5.69. The summed E-state index contributed by atoms with van der Waals surface area (Å²) in [6, 6.07) is 17.7. The van der Waals surface area contributed by atoms with E-state index >= 15 is 4.79 Å². The second-order valence-corrected chi connectivity index (χ2v) is 15.7. The Kier molecular flexibility index (Phi) is 16.9. The SMILES string of the molecule is C=CCOC(=O)c1ccc(COc2ccc3c(c2)C2C(=O)CC3C(C(=O)N(C)CC(=O)N(Cc3ccc(OC)cc3OC)OC)C2C(=O)N(CCCCC)CCCCC)cc1. The Morgan fingerprint density at radius 1 is 0.803 bits per heavy atom. The van der Waals surface area contributed by atoms with Crippen LogP contribution >= 0.6 is 0 Å². The Bertz CT molecular complexity index is 2010. The van der Waals surface area contributed by atoms with E-state index in [0.29, 0.717) is 47.0 Å². The maximum absolute atomic E-state index is 15.0. The second-order valence-electron chi connectivity index (χ2n) is 15.7. The zero-order valence-corrected chi connectivity index (χ0v) is 36.5. The van der Waals surface area contributed by atoms with Gasteiger partial charge in [0.2, 0.25) is 11.8 Å². The standard InChI is InChI=1S/C48H61N3O10/c1-8-11-13-23-50(24-14-12-9-2)47(55)45-43-38-26-36(61-31-32-15-17-33(18-16-32)48(56)60-25-10-3)21-22-37(38)39(28-40(43)52)44(45)46(54)49(4)30-42(53)51(59-7)29-34-19-20-35(57-5)27-41(34)58-6/h10,15-22,26-27,39,43-45H,3,8-9,11-14,23-25,28-31H2,1-2,4-7H3. The number of hydrogen-bond donors (Lipinski definition) is 0. The minimum atomic E-state index is -0.960. The van der Waals surface area contributed by atoms with Gasteiger partial charge in [0.05, 0.1) is 51.2 Å². The van der Waals surface area contributed by atoms with E-state index in [1.165, 1.54) is 30.3 Å². The van der Waals surface area contributed by atoms with Crippen molar-refractivity contribution in [1.29, 1.82) is 0 Å². The maximum Gasteiger partial charge on any atom is 0.338 e. The first-order valence-corrected chi connectivity index (χ1v) is 21.2. The van der Waals surface area contributed by atoms with Crippen LogP contribution in [0.4, 0.5) is 0 Å². The number of unbranched alkanes of at least 4 members (excludes halogenated alkanes) is 4. The molecular formula is C48H61N3O10. The number of amides is 3. The van der Waals surface area contributed by atoms with Crippen LogP contribution in [0, 0.1) is 11.8 Å². The zero-order chi connectivity index (χ0) is 44.1. The zero-order valence-electron chi connectivity index (χ0n) is 36.5. The summed E-state index contributed by atoms with van der Waals surface area (Å²) in [6.07, 6.45) is 7.10. The number of likely N-dealkylation sites (N-methyl/N-ethyl adjacent to an activating group) is 1. The number of rotatable bonds is 23. The lowest BCUT2D eigenvalue weighted by Crippen LogP contribution is -2.56. The van der Waals surface area contributed by atoms with Crippen LogP contribution < -0.4 is 14.2 Å². The van der Waals surface area contributed by atoms with E-state index in [1.54, 1.807) is 56.6 Å². The van der Waals surface area contributed by atoms with E-state index in [1.807, 2.05) is 23.1 Å². The van der Waals surface area contributed by atoms with Crippen LogP contribution in [0.2, 0.25) is 0 Å². The number of carbonyl (C=O) groups excluding carboxylic acids is 5. The van der Waals surface area contributed by atoms with E-state index in [2.05, 4.69) is 20.4 Å². The fourth-order valence-electron chi connectivity index (χ4n) is 8.45. The molecule has 0 heterocycles. The van der Waals surface area contributed by atoms with Crippen molar-refractivity contribution in [2.45, 2.75) is 83.8 Å². The Labute approximate surface area is 359 Å². The summed E-state index contributed by atoms with van der Waals surface area (Å²) in [5.74, 6) is -3.25. The smallest absolute Gasteiger partial charge is 0.338 e. The number of nitrogens with zero attached hydrogens (tertiary/aromatic N) is 3. The molecule has 0 radical (unpaired) electrons. The first kappa shape index (κ1) is 46.4. The van der Waals surface area contributed by atoms with Crippen LogP contribution in [-0.2, 0) is 41.9 Å². The van der Waals surface area contributed by atoms with E-state index in [-0.39, 0.29) is 50.3 Å². The molecule has 6 rings (SSSR count). The average molecular weight is 840 g/mol. The van der Waals surface area contributed by atoms with Crippen molar-refractivity contribution in [2.75, 3.05) is 54.6 Å². The van der Waals surface area contributed by atoms with Gasteiger partial charge in [-0.2, -0.15) is 0 Å². The lowest BCUT2D eigenvalue weighted by molar-refractivity contribution is -0.181. The molecule has 4 atom stereocenters. The van der Waals surface area contributed by atoms with Gasteiger partial charge < -0.3 is 28.7 Å². The third-order valence-electron chi connectivity index (χ3n) is 11.7. The molecule has 0 aromatic heterocycles. The number of carbonyl (C=O) groups is 5. The number of Topliss-reactive ketones (excluding diaryl/α,β-unsaturated/α-hetero) is 1. The highest BCUT2D eigenvalue weighted by Gasteiger charge is 2.57. The largest absolute Gasteiger partial charge is 0.497 e. The van der Waals surface area contributed by atoms with Gasteiger partial charge in [0, 0.05) is 44.1 Å². The minimum Gasteiger partial charge on any atom is -0.497 e. The summed E-state index contributed by atoms with van der Waals surface area (Å²) in [7, 11) is 6.02. The Morgan fingerprint density at radius 2 is 1.49 bits per heavy atom. The minimum absolute atomic E-state index is 0.0482. The number of esters is 1. The van der Waals surface area contributed by atoms with E-state index in [4.69, 9.17) is 23.8 Å². The molecule has 3 aromatic rings. The van der Waals surface area contributed by atoms with Gasteiger partial charge in [-0.15, -0.1) is 0 Å². The number of hydrogen-bond acceptors (Lipinski definition) is 10. The normalized spacial score (nSPS) is 17.5. The predicted octanol–water partition coefficient (Wildman–Crippen LogP) is 7.27. The maximum atomic E-state index is 15.0. The van der Waals surface area contributed by atoms with E-state index in [0.717, 1.165) is 49.7 Å². The van der Waals surface area contributed by atoms with Crippen molar-refractivity contribution in [3.05, 3.63) is 101 Å². The Morgan fingerprint density at radius 3 is 2.11 bits per heavy atom. The summed E-state index contributed by atoms with van der Waals surface area (Å²) in [6.45, 7) is 8.90. The second kappa shape index (κ2) is 22.2. The molecule has 3 aliphatic carbocycles. The third-order valence-corrected chi connectivity index (χ3v) is 11.7. The van der Waals surface area contributed by atoms with Crippen molar-refractivity contribution < 1.29 is 47.8 Å². The quantitative estimate of drug-likeness (QED) is 0.0415. The first-order chi connectivity index (χ1) is 29.5. The van der Waals surface area contributed by atoms with Gasteiger partial charge in [-0.05, 0) is 65.9 Å². The van der Waals surface area contributed by atoms with E-state index < -0.39 is 35.5 Å². The summed E-state index contributed by atoms with van der Waals surface area (Å²) in [5.41, 5.74) is 3.42. The number of fused-ring (bicyclic) bond motifs is 2. The van der Waals surface area contributed by atoms with Gasteiger partial charge in [0.25, 0.3) is 5.91 Å². The molecule has 4 unspecified atom stereocenters. The van der Waals surface area contributed by atoms with Crippen molar-refractivity contribution in [1.82, 2.24) is 14.9 Å². The van der Waals surface area contributed by atoms with Crippen molar-refractivity contribution >= 4 is 29.5 Å². The molecule has 2 bridgehead atoms. The predicted molar refractivity (Wildman–Crippen MR) is 230 cm³/mol. The molecule has 1 fully saturated rings. The first-order valence-electron chi connectivity index (χ1n) is 21.2. The molecule has 0 saturated heterocycles. The van der Waals surface area contributed by atoms with Crippen molar-refractivity contribution in [3.8, 4) is 17.2 Å². The highest BCUT2D eigenvalue weighted by atomic mass is 16.7. The van der Waals surface area contributed by atoms with Gasteiger partial charge in [-0.25, -0.2) is 9.86 Å². The fourth-order valence-corrected chi connectivity index (χ4v) is 8.45. The monoisotopic (exact) mass is 839 g/mol. The van der Waals surface area contributed by atoms with Gasteiger partial charge in [-0.1, -0.05) is 70.4 Å². The van der Waals surface area contributed by atoms with Crippen LogP contribution in [-0.4, -0.2) is 99.0 Å². The summed E-state index contributed by atoms with van der Waals surface area (Å²) < 4.78 is 22.2. The summed E-state index contributed by atoms with van der Waals surface area (Å²) in [5, 5.41) is 1.17. The average Bonchev–Trinajstić information content (AvgIpc) is 3.28. The van der Waals surface area contributed by atoms with E-state index in [9.17, 15) is 19.2 Å².